The molecule has 4 rings (SSSR count). The molecule has 6 atom stereocenters. The third-order valence-electron chi connectivity index (χ3n) is 7.73. The van der Waals surface area contributed by atoms with E-state index < -0.39 is 60.9 Å². The van der Waals surface area contributed by atoms with Crippen LogP contribution in [0.5, 0.6) is 11.5 Å². The fourth-order valence-electron chi connectivity index (χ4n) is 5.32. The van der Waals surface area contributed by atoms with Crippen molar-refractivity contribution in [3.05, 3.63) is 84.0 Å². The van der Waals surface area contributed by atoms with E-state index in [-0.39, 0.29) is 13.2 Å². The van der Waals surface area contributed by atoms with Crippen LogP contribution in [0.3, 0.4) is 0 Å². The van der Waals surface area contributed by atoms with Gasteiger partial charge in [-0.25, -0.2) is 19.2 Å². The van der Waals surface area contributed by atoms with Gasteiger partial charge < -0.3 is 37.9 Å². The molecule has 2 heterocycles. The van der Waals surface area contributed by atoms with E-state index in [1.807, 2.05) is 13.8 Å². The van der Waals surface area contributed by atoms with E-state index in [0.717, 1.165) is 25.0 Å². The lowest BCUT2D eigenvalue weighted by Crippen LogP contribution is -2.36. The first kappa shape index (κ1) is 36.2. The number of esters is 4. The lowest BCUT2D eigenvalue weighted by Gasteiger charge is -2.20. The van der Waals surface area contributed by atoms with E-state index in [1.165, 1.54) is 0 Å². The smallest absolute Gasteiger partial charge is 0.338 e. The van der Waals surface area contributed by atoms with Crippen LogP contribution in [-0.2, 0) is 38.0 Å². The molecule has 0 N–H and O–H groups in total. The van der Waals surface area contributed by atoms with Crippen molar-refractivity contribution < 1.29 is 57.1 Å². The quantitative estimate of drug-likeness (QED) is 0.0991. The third-order valence-corrected chi connectivity index (χ3v) is 7.73. The Balaban J connectivity index is 1.32. The molecule has 2 unspecified atom stereocenters. The topological polar surface area (TPSA) is 142 Å². The maximum Gasteiger partial charge on any atom is 0.338 e. The fraction of sp³-hybridized carbons (Fsp3) is 0.444. The molecule has 2 aromatic rings. The molecule has 12 heteroatoms. The highest BCUT2D eigenvalue weighted by atomic mass is 16.7. The minimum absolute atomic E-state index is 0.0726. The molecule has 0 radical (unpaired) electrons. The van der Waals surface area contributed by atoms with Gasteiger partial charge in [-0.2, -0.15) is 0 Å². The molecule has 2 aliphatic rings. The normalized spacial score (nSPS) is 20.8. The zero-order valence-corrected chi connectivity index (χ0v) is 27.6. The van der Waals surface area contributed by atoms with E-state index >= 15 is 0 Å². The number of benzene rings is 2. The van der Waals surface area contributed by atoms with Gasteiger partial charge in [0.25, 0.3) is 0 Å². The Hall–Kier alpha value is -4.68. The Morgan fingerprint density at radius 3 is 1.46 bits per heavy atom. The minimum atomic E-state index is -0.789. The second-order valence-corrected chi connectivity index (χ2v) is 11.4. The van der Waals surface area contributed by atoms with Gasteiger partial charge in [-0.05, 0) is 74.2 Å². The number of hydrogen-bond acceptors (Lipinski definition) is 12. The Labute approximate surface area is 279 Å². The lowest BCUT2D eigenvalue weighted by molar-refractivity contribution is -0.159. The van der Waals surface area contributed by atoms with Gasteiger partial charge in [-0.15, -0.1) is 0 Å². The van der Waals surface area contributed by atoms with Gasteiger partial charge in [0.2, 0.25) is 12.6 Å². The van der Waals surface area contributed by atoms with Crippen molar-refractivity contribution in [1.29, 1.82) is 0 Å². The van der Waals surface area contributed by atoms with Crippen LogP contribution in [0.4, 0.5) is 0 Å². The van der Waals surface area contributed by atoms with Crippen molar-refractivity contribution in [1.82, 2.24) is 0 Å². The highest BCUT2D eigenvalue weighted by molar-refractivity contribution is 5.92. The molecule has 48 heavy (non-hydrogen) atoms. The Morgan fingerprint density at radius 1 is 0.729 bits per heavy atom. The van der Waals surface area contributed by atoms with Crippen LogP contribution in [0.2, 0.25) is 0 Å². The average molecular weight is 667 g/mol. The minimum Gasteiger partial charge on any atom is -0.455 e. The van der Waals surface area contributed by atoms with Crippen LogP contribution >= 0.6 is 0 Å². The largest absolute Gasteiger partial charge is 0.455 e. The molecule has 2 aromatic carbocycles. The van der Waals surface area contributed by atoms with E-state index in [1.54, 1.807) is 50.2 Å². The molecule has 0 amide bonds. The molecule has 0 aromatic heterocycles. The summed E-state index contributed by atoms with van der Waals surface area (Å²) in [6, 6.07) is 9.69. The number of carbonyl (C=O) groups is 4. The number of hydrogen-bond donors (Lipinski definition) is 0. The van der Waals surface area contributed by atoms with Gasteiger partial charge in [-0.3, -0.25) is 0 Å². The summed E-state index contributed by atoms with van der Waals surface area (Å²) in [5, 5.41) is 0. The Bertz CT molecular complexity index is 1390. The second-order valence-electron chi connectivity index (χ2n) is 11.4. The van der Waals surface area contributed by atoms with Gasteiger partial charge in [0.1, 0.15) is 23.7 Å². The fourth-order valence-corrected chi connectivity index (χ4v) is 5.32. The summed E-state index contributed by atoms with van der Waals surface area (Å²) in [5.41, 5.74) is 1.85. The average Bonchev–Trinajstić information content (AvgIpc) is 3.63. The summed E-state index contributed by atoms with van der Waals surface area (Å²) in [6.45, 7) is 14.3. The summed E-state index contributed by atoms with van der Waals surface area (Å²) in [7, 11) is 0. The van der Waals surface area contributed by atoms with E-state index in [2.05, 4.69) is 13.2 Å². The highest BCUT2D eigenvalue weighted by Gasteiger charge is 2.51. The van der Waals surface area contributed by atoms with Crippen molar-refractivity contribution in [2.45, 2.75) is 90.4 Å². The number of carbonyl (C=O) groups excluding carboxylic acids is 4. The summed E-state index contributed by atoms with van der Waals surface area (Å²) < 4.78 is 45.4. The number of fused-ring (bicyclic) bond motifs is 1. The molecule has 2 saturated heterocycles. The van der Waals surface area contributed by atoms with Crippen LogP contribution < -0.4 is 9.47 Å². The number of rotatable bonds is 16. The van der Waals surface area contributed by atoms with Crippen LogP contribution in [0.15, 0.2) is 61.7 Å². The molecule has 2 fully saturated rings. The van der Waals surface area contributed by atoms with Crippen molar-refractivity contribution >= 4 is 23.9 Å². The summed E-state index contributed by atoms with van der Waals surface area (Å²) in [5.74, 6) is -1.46. The summed E-state index contributed by atoms with van der Waals surface area (Å²) in [6.07, 6.45) is 0.341. The zero-order valence-electron chi connectivity index (χ0n) is 27.6. The van der Waals surface area contributed by atoms with Gasteiger partial charge in [-0.1, -0.05) is 27.0 Å². The molecular formula is C36H42O12. The van der Waals surface area contributed by atoms with Gasteiger partial charge in [0, 0.05) is 25.0 Å². The standard InChI is InChI=1S/C36H42O12/c1-7-11-31(47-29(37)9-3)43-23-13-15-25(21(5)17-23)35(39)45-27-19-41-34-28(20-42-33(27)34)46-36(40)26-16-14-24(18-22(26)6)44-32(12-8-2)48-30(38)10-4/h9-10,13-18,27-28,31-34H,3-4,7-8,11-12,19-20H2,1-2,5-6H3/t27-,28-,31?,32?,33-,34-/m1/s1. The molecular weight excluding hydrogens is 624 g/mol. The molecule has 0 aliphatic carbocycles. The van der Waals surface area contributed by atoms with Crippen LogP contribution in [-0.4, -0.2) is 74.1 Å². The molecule has 12 nitrogen and oxygen atoms in total. The first-order valence-electron chi connectivity index (χ1n) is 15.9. The van der Waals surface area contributed by atoms with Crippen LogP contribution in [0.1, 0.15) is 71.4 Å². The number of aryl methyl sites for hydroxylation is 2. The Kier molecular flexibility index (Phi) is 12.8. The number of ether oxygens (including phenoxy) is 8. The van der Waals surface area contributed by atoms with E-state index in [9.17, 15) is 19.2 Å². The maximum atomic E-state index is 13.1. The van der Waals surface area contributed by atoms with Crippen molar-refractivity contribution in [3.63, 3.8) is 0 Å². The van der Waals surface area contributed by atoms with Gasteiger partial charge in [0.15, 0.2) is 12.2 Å². The Morgan fingerprint density at radius 2 is 1.12 bits per heavy atom. The summed E-state index contributed by atoms with van der Waals surface area (Å²) >= 11 is 0. The van der Waals surface area contributed by atoms with Crippen molar-refractivity contribution in [2.24, 2.45) is 0 Å². The maximum absolute atomic E-state index is 13.1. The third kappa shape index (κ3) is 9.23. The predicted octanol–water partition coefficient (Wildman–Crippen LogP) is 5.32. The van der Waals surface area contributed by atoms with Gasteiger partial charge in [0.05, 0.1) is 24.3 Å². The summed E-state index contributed by atoms with van der Waals surface area (Å²) in [4.78, 5) is 49.5. The van der Waals surface area contributed by atoms with E-state index in [0.29, 0.717) is 46.6 Å². The predicted molar refractivity (Wildman–Crippen MR) is 171 cm³/mol. The first-order chi connectivity index (χ1) is 23.1. The van der Waals surface area contributed by atoms with Crippen molar-refractivity contribution in [3.8, 4) is 11.5 Å². The molecule has 0 saturated carbocycles. The molecule has 2 aliphatic heterocycles. The highest BCUT2D eigenvalue weighted by Crippen LogP contribution is 2.32. The SMILES string of the molecule is C=CC(=O)OC(CCC)Oc1ccc(C(=O)O[C@@H]2CO[C@H]3[C@@H]2OC[C@H]3OC(=O)c2ccc(OC(CCC)OC(=O)C=C)cc2C)c(C)c1. The molecule has 0 bridgehead atoms. The van der Waals surface area contributed by atoms with E-state index in [4.69, 9.17) is 37.9 Å². The monoisotopic (exact) mass is 666 g/mol. The van der Waals surface area contributed by atoms with Gasteiger partial charge >= 0.3 is 23.9 Å². The zero-order chi connectivity index (χ0) is 34.8. The lowest BCUT2D eigenvalue weighted by atomic mass is 10.1. The van der Waals surface area contributed by atoms with Crippen LogP contribution in [0.25, 0.3) is 0 Å². The van der Waals surface area contributed by atoms with Crippen LogP contribution in [0, 0.1) is 13.8 Å². The molecule has 0 spiro atoms. The first-order valence-corrected chi connectivity index (χ1v) is 15.9. The van der Waals surface area contributed by atoms with Crippen molar-refractivity contribution in [2.75, 3.05) is 13.2 Å². The second kappa shape index (κ2) is 16.9. The molecule has 258 valence electrons.